The average Bonchev–Trinajstić information content (AvgIpc) is 2.37. The van der Waals surface area contributed by atoms with Crippen molar-refractivity contribution in [1.82, 2.24) is 4.98 Å². The molecular formula is C7H8FNS. The molecule has 0 spiro atoms. The van der Waals surface area contributed by atoms with Gasteiger partial charge >= 0.3 is 0 Å². The Kier molecular flexibility index (Phi) is 2.57. The van der Waals surface area contributed by atoms with Crippen molar-refractivity contribution in [3.8, 4) is 0 Å². The van der Waals surface area contributed by atoms with Gasteiger partial charge in [0.2, 0.25) is 0 Å². The van der Waals surface area contributed by atoms with E-state index in [1.807, 2.05) is 24.5 Å². The number of halogens is 1. The van der Waals surface area contributed by atoms with Gasteiger partial charge in [-0.1, -0.05) is 6.08 Å². The van der Waals surface area contributed by atoms with Crippen LogP contribution in [0.25, 0.3) is 6.08 Å². The standard InChI is InChI=1S/C7H8FNS/c1-2-3-6-5-10-7(4-8)9-6/h2-3,5H,4H2,1H3. The molecule has 0 fully saturated rings. The van der Waals surface area contributed by atoms with Gasteiger partial charge in [-0.15, -0.1) is 11.3 Å². The molecule has 0 N–H and O–H groups in total. The van der Waals surface area contributed by atoms with E-state index < -0.39 is 6.67 Å². The van der Waals surface area contributed by atoms with Crippen molar-refractivity contribution in [1.29, 1.82) is 0 Å². The fraction of sp³-hybridized carbons (Fsp3) is 0.286. The fourth-order valence-electron chi connectivity index (χ4n) is 0.634. The minimum absolute atomic E-state index is 0.456. The van der Waals surface area contributed by atoms with Gasteiger partial charge in [-0.2, -0.15) is 0 Å². The maximum absolute atomic E-state index is 11.9. The maximum atomic E-state index is 11.9. The molecule has 1 aromatic heterocycles. The molecule has 0 saturated heterocycles. The van der Waals surface area contributed by atoms with E-state index in [1.54, 1.807) is 0 Å². The Hall–Kier alpha value is -0.700. The summed E-state index contributed by atoms with van der Waals surface area (Å²) in [5, 5.41) is 2.39. The third-order valence-electron chi connectivity index (χ3n) is 1.02. The predicted octanol–water partition coefficient (Wildman–Crippen LogP) is 2.65. The van der Waals surface area contributed by atoms with E-state index in [2.05, 4.69) is 4.98 Å². The van der Waals surface area contributed by atoms with E-state index in [-0.39, 0.29) is 0 Å². The van der Waals surface area contributed by atoms with Crippen LogP contribution in [0.15, 0.2) is 11.5 Å². The summed E-state index contributed by atoms with van der Waals surface area (Å²) in [7, 11) is 0. The lowest BCUT2D eigenvalue weighted by molar-refractivity contribution is 0.483. The van der Waals surface area contributed by atoms with E-state index in [0.29, 0.717) is 5.01 Å². The molecule has 0 unspecified atom stereocenters. The van der Waals surface area contributed by atoms with Crippen molar-refractivity contribution in [2.75, 3.05) is 0 Å². The van der Waals surface area contributed by atoms with Gasteiger partial charge in [-0.25, -0.2) is 9.37 Å². The molecule has 10 heavy (non-hydrogen) atoms. The smallest absolute Gasteiger partial charge is 0.141 e. The molecule has 0 aromatic carbocycles. The van der Waals surface area contributed by atoms with Gasteiger partial charge < -0.3 is 0 Å². The number of hydrogen-bond acceptors (Lipinski definition) is 2. The largest absolute Gasteiger partial charge is 0.243 e. The lowest BCUT2D eigenvalue weighted by Crippen LogP contribution is -1.74. The molecule has 0 aliphatic carbocycles. The first-order valence-electron chi connectivity index (χ1n) is 3.00. The summed E-state index contributed by atoms with van der Waals surface area (Å²) in [6, 6.07) is 0. The minimum atomic E-state index is -0.456. The normalized spacial score (nSPS) is 11.0. The van der Waals surface area contributed by atoms with Crippen LogP contribution in [0, 0.1) is 0 Å². The van der Waals surface area contributed by atoms with Crippen LogP contribution < -0.4 is 0 Å². The van der Waals surface area contributed by atoms with Crippen molar-refractivity contribution >= 4 is 17.4 Å². The zero-order chi connectivity index (χ0) is 7.40. The highest BCUT2D eigenvalue weighted by Gasteiger charge is 1.95. The quantitative estimate of drug-likeness (QED) is 0.643. The molecule has 0 aliphatic heterocycles. The van der Waals surface area contributed by atoms with Gasteiger partial charge in [0.05, 0.1) is 5.69 Å². The number of allylic oxidation sites excluding steroid dienone is 1. The number of alkyl halides is 1. The predicted molar refractivity (Wildman–Crippen MR) is 41.6 cm³/mol. The molecule has 1 rings (SSSR count). The maximum Gasteiger partial charge on any atom is 0.141 e. The summed E-state index contributed by atoms with van der Waals surface area (Å²) < 4.78 is 11.9. The van der Waals surface area contributed by atoms with Crippen LogP contribution in [-0.4, -0.2) is 4.98 Å². The Morgan fingerprint density at radius 2 is 2.60 bits per heavy atom. The van der Waals surface area contributed by atoms with Crippen LogP contribution in [0.4, 0.5) is 4.39 Å². The van der Waals surface area contributed by atoms with Gasteiger partial charge in [0.15, 0.2) is 0 Å². The van der Waals surface area contributed by atoms with E-state index in [1.165, 1.54) is 11.3 Å². The van der Waals surface area contributed by atoms with Crippen LogP contribution in [0.2, 0.25) is 0 Å². The Morgan fingerprint density at radius 1 is 1.80 bits per heavy atom. The summed E-state index contributed by atoms with van der Waals surface area (Å²) >= 11 is 1.35. The van der Waals surface area contributed by atoms with Crippen molar-refractivity contribution < 1.29 is 4.39 Å². The highest BCUT2D eigenvalue weighted by Crippen LogP contribution is 2.11. The molecule has 1 aromatic rings. The van der Waals surface area contributed by atoms with Crippen LogP contribution >= 0.6 is 11.3 Å². The summed E-state index contributed by atoms with van der Waals surface area (Å²) in [6.45, 7) is 1.46. The second-order valence-corrected chi connectivity index (χ2v) is 2.74. The molecule has 0 amide bonds. The van der Waals surface area contributed by atoms with Crippen LogP contribution in [0.1, 0.15) is 17.6 Å². The summed E-state index contributed by atoms with van der Waals surface area (Å²) in [5.74, 6) is 0. The summed E-state index contributed by atoms with van der Waals surface area (Å²) in [4.78, 5) is 3.98. The fourth-order valence-corrected chi connectivity index (χ4v) is 1.24. The molecule has 0 aliphatic rings. The monoisotopic (exact) mass is 157 g/mol. The number of thiazole rings is 1. The molecule has 1 nitrogen and oxygen atoms in total. The van der Waals surface area contributed by atoms with Crippen molar-refractivity contribution in [2.24, 2.45) is 0 Å². The number of rotatable bonds is 2. The lowest BCUT2D eigenvalue weighted by Gasteiger charge is -1.79. The SMILES string of the molecule is CC=Cc1csc(CF)n1. The van der Waals surface area contributed by atoms with Gasteiger partial charge in [0, 0.05) is 5.38 Å². The van der Waals surface area contributed by atoms with Crippen molar-refractivity contribution in [2.45, 2.75) is 13.6 Å². The third kappa shape index (κ3) is 1.64. The van der Waals surface area contributed by atoms with Gasteiger partial charge in [-0.05, 0) is 13.0 Å². The van der Waals surface area contributed by atoms with Crippen molar-refractivity contribution in [3.63, 3.8) is 0 Å². The lowest BCUT2D eigenvalue weighted by atomic mass is 10.4. The van der Waals surface area contributed by atoms with Gasteiger partial charge in [0.25, 0.3) is 0 Å². The first-order valence-corrected chi connectivity index (χ1v) is 3.88. The number of hydrogen-bond donors (Lipinski definition) is 0. The molecule has 0 bridgehead atoms. The Balaban J connectivity index is 2.78. The topological polar surface area (TPSA) is 12.9 Å². The van der Waals surface area contributed by atoms with Gasteiger partial charge in [-0.3, -0.25) is 0 Å². The number of nitrogens with zero attached hydrogens (tertiary/aromatic N) is 1. The van der Waals surface area contributed by atoms with E-state index in [0.717, 1.165) is 5.69 Å². The minimum Gasteiger partial charge on any atom is -0.243 e. The molecule has 54 valence electrons. The van der Waals surface area contributed by atoms with E-state index >= 15 is 0 Å². The van der Waals surface area contributed by atoms with Crippen LogP contribution in [0.3, 0.4) is 0 Å². The number of aromatic nitrogens is 1. The van der Waals surface area contributed by atoms with Gasteiger partial charge in [0.1, 0.15) is 11.7 Å². The molecule has 3 heteroatoms. The van der Waals surface area contributed by atoms with Crippen molar-refractivity contribution in [3.05, 3.63) is 22.2 Å². The molecule has 0 radical (unpaired) electrons. The summed E-state index contributed by atoms with van der Waals surface area (Å²) in [5.41, 5.74) is 0.847. The van der Waals surface area contributed by atoms with Crippen LogP contribution in [0.5, 0.6) is 0 Å². The Labute approximate surface area is 63.2 Å². The summed E-state index contributed by atoms with van der Waals surface area (Å²) in [6.07, 6.45) is 3.74. The highest BCUT2D eigenvalue weighted by atomic mass is 32.1. The molecular weight excluding hydrogens is 149 g/mol. The van der Waals surface area contributed by atoms with Crippen LogP contribution in [-0.2, 0) is 6.67 Å². The molecule has 0 saturated carbocycles. The first-order chi connectivity index (χ1) is 4.86. The first kappa shape index (κ1) is 7.41. The average molecular weight is 157 g/mol. The zero-order valence-corrected chi connectivity index (χ0v) is 6.49. The Bertz CT molecular complexity index is 229. The molecule has 0 atom stereocenters. The second kappa shape index (κ2) is 3.46. The zero-order valence-electron chi connectivity index (χ0n) is 5.67. The second-order valence-electron chi connectivity index (χ2n) is 1.80. The van der Waals surface area contributed by atoms with E-state index in [4.69, 9.17) is 0 Å². The molecule has 1 heterocycles. The Morgan fingerprint density at radius 3 is 3.10 bits per heavy atom. The highest BCUT2D eigenvalue weighted by molar-refractivity contribution is 7.09. The van der Waals surface area contributed by atoms with E-state index in [9.17, 15) is 4.39 Å². The third-order valence-corrected chi connectivity index (χ3v) is 1.85.